The Morgan fingerprint density at radius 1 is 1.38 bits per heavy atom. The van der Waals surface area contributed by atoms with E-state index in [1.165, 1.54) is 18.9 Å². The van der Waals surface area contributed by atoms with E-state index >= 15 is 0 Å². The molecule has 0 spiro atoms. The van der Waals surface area contributed by atoms with Crippen LogP contribution in [-0.4, -0.2) is 51.1 Å². The molecule has 29 heavy (non-hydrogen) atoms. The van der Waals surface area contributed by atoms with Gasteiger partial charge in [-0.15, -0.1) is 0 Å². The summed E-state index contributed by atoms with van der Waals surface area (Å²) in [6.45, 7) is 1.92. The number of halogens is 1. The first-order chi connectivity index (χ1) is 13.8. The van der Waals surface area contributed by atoms with Crippen molar-refractivity contribution >= 4 is 33.2 Å². The van der Waals surface area contributed by atoms with E-state index in [0.717, 1.165) is 37.6 Å². The highest BCUT2D eigenvalue weighted by molar-refractivity contribution is 7.90. The molecule has 1 fully saturated rings. The van der Waals surface area contributed by atoms with Crippen molar-refractivity contribution in [2.24, 2.45) is 16.8 Å². The van der Waals surface area contributed by atoms with E-state index < -0.39 is 15.8 Å². The third kappa shape index (κ3) is 5.71. The maximum absolute atomic E-state index is 13.1. The van der Waals surface area contributed by atoms with Crippen molar-refractivity contribution < 1.29 is 13.2 Å². The van der Waals surface area contributed by atoms with Crippen LogP contribution in [0.25, 0.3) is 0 Å². The number of amidine groups is 1. The van der Waals surface area contributed by atoms with E-state index in [-0.39, 0.29) is 15.8 Å². The second-order valence-electron chi connectivity index (χ2n) is 7.93. The Morgan fingerprint density at radius 2 is 2.10 bits per heavy atom. The minimum Gasteiger partial charge on any atom is -0.329 e. The Hall–Kier alpha value is -1.64. The molecule has 0 bridgehead atoms. The van der Waals surface area contributed by atoms with E-state index in [1.54, 1.807) is 12.1 Å². The first kappa shape index (κ1) is 22.1. The largest absolute Gasteiger partial charge is 0.329 e. The number of benzene rings is 1. The molecule has 1 saturated carbocycles. The van der Waals surface area contributed by atoms with Crippen LogP contribution in [0.4, 0.5) is 0 Å². The standard InChI is InChI=1S/C20H29ClN4O3S/c1-29(27,28)18-7-6-15(13-17(18)21)16(12-14-4-2-3-5-14)20(26)23-19-8-10-25(24-19)11-9-22/h6-7,13-14,16H,2-5,8-12,22H2,1H3,(H,23,24,26)/t16-/m1/s1. The maximum atomic E-state index is 13.1. The molecule has 1 aliphatic carbocycles. The highest BCUT2D eigenvalue weighted by Crippen LogP contribution is 2.36. The summed E-state index contributed by atoms with van der Waals surface area (Å²) >= 11 is 6.25. The van der Waals surface area contributed by atoms with Gasteiger partial charge in [-0.25, -0.2) is 8.42 Å². The van der Waals surface area contributed by atoms with E-state index in [2.05, 4.69) is 10.4 Å². The van der Waals surface area contributed by atoms with Gasteiger partial charge in [-0.1, -0.05) is 43.4 Å². The van der Waals surface area contributed by atoms with E-state index in [4.69, 9.17) is 17.3 Å². The van der Waals surface area contributed by atoms with Crippen LogP contribution < -0.4 is 11.1 Å². The lowest BCUT2D eigenvalue weighted by molar-refractivity contribution is -0.121. The number of hydrogen-bond acceptors (Lipinski definition) is 6. The fourth-order valence-electron chi connectivity index (χ4n) is 4.14. The molecule has 1 atom stereocenters. The maximum Gasteiger partial charge on any atom is 0.232 e. The van der Waals surface area contributed by atoms with Crippen LogP contribution in [0.5, 0.6) is 0 Å². The Labute approximate surface area is 177 Å². The van der Waals surface area contributed by atoms with Gasteiger partial charge in [0, 0.05) is 32.3 Å². The van der Waals surface area contributed by atoms with Crippen LogP contribution in [0.15, 0.2) is 28.2 Å². The zero-order valence-electron chi connectivity index (χ0n) is 16.7. The Morgan fingerprint density at radius 3 is 2.72 bits per heavy atom. The van der Waals surface area contributed by atoms with Crippen molar-refractivity contribution in [3.63, 3.8) is 0 Å². The summed E-state index contributed by atoms with van der Waals surface area (Å²) in [5.41, 5.74) is 6.31. The number of amides is 1. The molecule has 3 N–H and O–H groups in total. The van der Waals surface area contributed by atoms with Crippen LogP contribution in [0.3, 0.4) is 0 Å². The van der Waals surface area contributed by atoms with Gasteiger partial charge in [-0.3, -0.25) is 9.80 Å². The summed E-state index contributed by atoms with van der Waals surface area (Å²) in [5, 5.41) is 9.41. The van der Waals surface area contributed by atoms with Crippen molar-refractivity contribution in [3.05, 3.63) is 28.8 Å². The molecular weight excluding hydrogens is 412 g/mol. The van der Waals surface area contributed by atoms with Gasteiger partial charge in [0.25, 0.3) is 0 Å². The van der Waals surface area contributed by atoms with E-state index in [0.29, 0.717) is 31.3 Å². The van der Waals surface area contributed by atoms with Gasteiger partial charge >= 0.3 is 0 Å². The third-order valence-electron chi connectivity index (χ3n) is 5.64. The predicted octanol–water partition coefficient (Wildman–Crippen LogP) is 2.50. The van der Waals surface area contributed by atoms with Crippen molar-refractivity contribution in [1.29, 1.82) is 0 Å². The summed E-state index contributed by atoms with van der Waals surface area (Å²) in [4.78, 5) is 13.2. The molecule has 1 aromatic carbocycles. The molecule has 1 heterocycles. The van der Waals surface area contributed by atoms with Gasteiger partial charge in [0.1, 0.15) is 5.84 Å². The molecular formula is C20H29ClN4O3S. The molecule has 0 unspecified atom stereocenters. The second kappa shape index (κ2) is 9.45. The fourth-order valence-corrected chi connectivity index (χ4v) is 5.48. The van der Waals surface area contributed by atoms with Crippen molar-refractivity contribution in [3.8, 4) is 0 Å². The number of nitrogens with one attached hydrogen (secondary N) is 1. The lowest BCUT2D eigenvalue weighted by Gasteiger charge is -2.21. The minimum absolute atomic E-state index is 0.0838. The van der Waals surface area contributed by atoms with Gasteiger partial charge < -0.3 is 11.1 Å². The van der Waals surface area contributed by atoms with Crippen LogP contribution >= 0.6 is 11.6 Å². The van der Waals surface area contributed by atoms with Gasteiger partial charge in [-0.2, -0.15) is 5.10 Å². The topological polar surface area (TPSA) is 105 Å². The van der Waals surface area contributed by atoms with Crippen LogP contribution in [0.1, 0.15) is 50.0 Å². The molecule has 1 aromatic rings. The average Bonchev–Trinajstić information content (AvgIpc) is 3.31. The number of nitrogens with two attached hydrogens (primary N) is 1. The SMILES string of the molecule is CS(=O)(=O)c1ccc([C@@H](CC2CCCC2)C(=O)NC2=NN(CCN)CC2)cc1Cl. The summed E-state index contributed by atoms with van der Waals surface area (Å²) in [6, 6.07) is 4.82. The predicted molar refractivity (Wildman–Crippen MR) is 115 cm³/mol. The van der Waals surface area contributed by atoms with E-state index in [1.807, 2.05) is 5.01 Å². The Bertz CT molecular complexity index is 882. The van der Waals surface area contributed by atoms with Gasteiger partial charge in [0.15, 0.2) is 9.84 Å². The smallest absolute Gasteiger partial charge is 0.232 e. The van der Waals surface area contributed by atoms with Crippen LogP contribution in [0, 0.1) is 5.92 Å². The summed E-state index contributed by atoms with van der Waals surface area (Å²) in [6.07, 6.45) is 7.13. The molecule has 1 aliphatic heterocycles. The zero-order chi connectivity index (χ0) is 21.0. The van der Waals surface area contributed by atoms with E-state index in [9.17, 15) is 13.2 Å². The van der Waals surface area contributed by atoms with Gasteiger partial charge in [-0.05, 0) is 30.0 Å². The number of rotatable bonds is 7. The number of nitrogens with zero attached hydrogens (tertiary/aromatic N) is 2. The fraction of sp³-hybridized carbons (Fsp3) is 0.600. The zero-order valence-corrected chi connectivity index (χ0v) is 18.3. The molecule has 2 aliphatic rings. The third-order valence-corrected chi connectivity index (χ3v) is 7.22. The van der Waals surface area contributed by atoms with Crippen LogP contribution in [0.2, 0.25) is 5.02 Å². The number of hydrogen-bond donors (Lipinski definition) is 2. The number of carbonyl (C=O) groups is 1. The van der Waals surface area contributed by atoms with Crippen molar-refractivity contribution in [2.75, 3.05) is 25.9 Å². The lowest BCUT2D eigenvalue weighted by Crippen LogP contribution is -2.34. The highest BCUT2D eigenvalue weighted by atomic mass is 35.5. The number of sulfone groups is 1. The van der Waals surface area contributed by atoms with Gasteiger partial charge in [0.2, 0.25) is 5.91 Å². The normalized spacial score (nSPS) is 18.7. The summed E-state index contributed by atoms with van der Waals surface area (Å²) in [5.74, 6) is 0.626. The number of hydrazone groups is 1. The molecule has 0 radical (unpaired) electrons. The Balaban J connectivity index is 1.82. The quantitative estimate of drug-likeness (QED) is 0.677. The van der Waals surface area contributed by atoms with Gasteiger partial charge in [0.05, 0.1) is 15.8 Å². The number of carbonyl (C=O) groups excluding carboxylic acids is 1. The van der Waals surface area contributed by atoms with Crippen LogP contribution in [-0.2, 0) is 14.6 Å². The lowest BCUT2D eigenvalue weighted by atomic mass is 9.87. The first-order valence-corrected chi connectivity index (χ1v) is 12.4. The molecule has 7 nitrogen and oxygen atoms in total. The molecule has 3 rings (SSSR count). The molecule has 0 saturated heterocycles. The van der Waals surface area contributed by atoms with Crippen molar-refractivity contribution in [2.45, 2.75) is 49.3 Å². The highest BCUT2D eigenvalue weighted by Gasteiger charge is 2.29. The first-order valence-electron chi connectivity index (χ1n) is 10.1. The monoisotopic (exact) mass is 440 g/mol. The molecule has 160 valence electrons. The summed E-state index contributed by atoms with van der Waals surface area (Å²) in [7, 11) is -3.42. The average molecular weight is 441 g/mol. The summed E-state index contributed by atoms with van der Waals surface area (Å²) < 4.78 is 23.7. The second-order valence-corrected chi connectivity index (χ2v) is 10.3. The molecule has 1 amide bonds. The molecule has 0 aromatic heterocycles. The minimum atomic E-state index is -3.42. The molecule has 9 heteroatoms. The Kier molecular flexibility index (Phi) is 7.19. The van der Waals surface area contributed by atoms with Crippen molar-refractivity contribution in [1.82, 2.24) is 10.3 Å².